The van der Waals surface area contributed by atoms with Crippen LogP contribution in [0, 0.1) is 17.8 Å². The summed E-state index contributed by atoms with van der Waals surface area (Å²) < 4.78 is 2.39. The van der Waals surface area contributed by atoms with E-state index in [9.17, 15) is 0 Å². The third-order valence-electron chi connectivity index (χ3n) is 8.63. The van der Waals surface area contributed by atoms with Gasteiger partial charge in [0, 0.05) is 21.2 Å². The summed E-state index contributed by atoms with van der Waals surface area (Å²) in [7, 11) is 0.716. The van der Waals surface area contributed by atoms with Crippen molar-refractivity contribution in [2.45, 2.75) is 90.7 Å². The molecule has 0 aliphatic carbocycles. The Labute approximate surface area is 252 Å². The lowest BCUT2D eigenvalue weighted by Gasteiger charge is -2.29. The molecule has 41 heavy (non-hydrogen) atoms. The predicted molar refractivity (Wildman–Crippen MR) is 184 cm³/mol. The van der Waals surface area contributed by atoms with Crippen molar-refractivity contribution in [1.29, 1.82) is 0 Å². The first kappa shape index (κ1) is 28.5. The molecule has 0 saturated heterocycles. The first-order valence-corrected chi connectivity index (χ1v) is 19.5. The minimum atomic E-state index is -1.52. The zero-order chi connectivity index (χ0) is 29.6. The van der Waals surface area contributed by atoms with E-state index >= 15 is 0 Å². The van der Waals surface area contributed by atoms with E-state index in [0.717, 1.165) is 12.8 Å². The zero-order valence-corrected chi connectivity index (χ0v) is 28.8. The molecule has 1 nitrogen and oxygen atoms in total. The molecule has 0 spiro atoms. The largest absolute Gasteiger partial charge is 0.222 e. The number of aryl methyl sites for hydroxylation is 2. The Morgan fingerprint density at radius 2 is 1.46 bits per heavy atom. The van der Waals surface area contributed by atoms with Crippen LogP contribution >= 0.6 is 11.8 Å². The van der Waals surface area contributed by atoms with Gasteiger partial charge in [-0.1, -0.05) is 115 Å². The van der Waals surface area contributed by atoms with Gasteiger partial charge in [0.1, 0.15) is 7.05 Å². The molecule has 5 aromatic rings. The molecule has 0 bridgehead atoms. The molecule has 0 fully saturated rings. The Hall–Kier alpha value is -2.62. The fourth-order valence-corrected chi connectivity index (χ4v) is 9.97. The van der Waals surface area contributed by atoms with Gasteiger partial charge in [-0.15, -0.1) is 0 Å². The average Bonchev–Trinajstić information content (AvgIpc) is 2.85. The van der Waals surface area contributed by atoms with Gasteiger partial charge >= 0.3 is 0 Å². The maximum absolute atomic E-state index is 2.54. The second kappa shape index (κ2) is 9.44. The second-order valence-electron chi connectivity index (χ2n) is 15.9. The minimum Gasteiger partial charge on any atom is -0.200 e. The van der Waals surface area contributed by atoms with Crippen molar-refractivity contribution in [3.63, 3.8) is 0 Å². The molecule has 0 radical (unpaired) electrons. The van der Waals surface area contributed by atoms with Gasteiger partial charge in [-0.3, -0.25) is 0 Å². The first-order valence-electron chi connectivity index (χ1n) is 15.2. The molecule has 0 amide bonds. The molecule has 3 heteroatoms. The zero-order valence-electron chi connectivity index (χ0n) is 27.0. The SMILES string of the molecule is Cc1c2c(c(CC(C)(C)C)c3ccc(CC(C)(C)C)cc13)Sc1cc3c([Si](C)(C)C)cccc3c3cc[n+](C)c-2c13. The summed E-state index contributed by atoms with van der Waals surface area (Å²) >= 11 is 2.03. The molecule has 1 aliphatic rings. The number of aromatic nitrogens is 1. The third-order valence-corrected chi connectivity index (χ3v) is 11.9. The van der Waals surface area contributed by atoms with Crippen molar-refractivity contribution in [2.24, 2.45) is 17.9 Å². The fourth-order valence-electron chi connectivity index (χ4n) is 7.00. The van der Waals surface area contributed by atoms with Crippen LogP contribution in [0.15, 0.2) is 64.5 Å². The molecule has 0 unspecified atom stereocenters. The highest BCUT2D eigenvalue weighted by Crippen LogP contribution is 2.53. The molecule has 0 atom stereocenters. The van der Waals surface area contributed by atoms with E-state index in [1.165, 1.54) is 70.1 Å². The normalized spacial score (nSPS) is 13.8. The van der Waals surface area contributed by atoms with Crippen LogP contribution in [0.4, 0.5) is 0 Å². The van der Waals surface area contributed by atoms with Gasteiger partial charge in [-0.2, -0.15) is 0 Å². The molecule has 212 valence electrons. The lowest BCUT2D eigenvalue weighted by Crippen LogP contribution is -2.38. The van der Waals surface area contributed by atoms with E-state index < -0.39 is 8.07 Å². The van der Waals surface area contributed by atoms with Gasteiger partial charge in [0.15, 0.2) is 6.20 Å². The Morgan fingerprint density at radius 3 is 2.12 bits per heavy atom. The third kappa shape index (κ3) is 4.93. The molecule has 4 aromatic carbocycles. The summed E-state index contributed by atoms with van der Waals surface area (Å²) in [6.45, 7) is 24.0. The highest BCUT2D eigenvalue weighted by molar-refractivity contribution is 8.00. The number of nitrogens with zero attached hydrogens (tertiary/aromatic N) is 1. The molecule has 1 aromatic heterocycles. The Morgan fingerprint density at radius 1 is 0.756 bits per heavy atom. The van der Waals surface area contributed by atoms with Gasteiger partial charge in [-0.05, 0) is 74.9 Å². The van der Waals surface area contributed by atoms with Crippen molar-refractivity contribution in [2.75, 3.05) is 0 Å². The summed E-state index contributed by atoms with van der Waals surface area (Å²) in [6.07, 6.45) is 4.44. The Kier molecular flexibility index (Phi) is 6.56. The van der Waals surface area contributed by atoms with Gasteiger partial charge in [0.05, 0.1) is 19.0 Å². The molecule has 6 rings (SSSR count). The maximum atomic E-state index is 2.54. The van der Waals surface area contributed by atoms with E-state index in [0.29, 0.717) is 0 Å². The van der Waals surface area contributed by atoms with Gasteiger partial charge < -0.3 is 0 Å². The standard InChI is InChI=1S/C38H46NSSi/c1-23-28-19-24(21-37(2,3)4)15-16-26(28)30(22-38(5,6)7)36-33(23)35-34-27(17-18-39(35)8)25-13-12-14-32(41(9,10)11)29(25)20-31(34)40-36/h12-20H,21-22H2,1-11H3/q+1. The minimum absolute atomic E-state index is 0.184. The number of hydrogen-bond acceptors (Lipinski definition) is 1. The summed E-state index contributed by atoms with van der Waals surface area (Å²) in [6, 6.07) is 19.2. The van der Waals surface area contributed by atoms with E-state index in [-0.39, 0.29) is 10.8 Å². The summed E-state index contributed by atoms with van der Waals surface area (Å²) in [5, 5.41) is 10.1. The van der Waals surface area contributed by atoms with Crippen LogP contribution in [0.2, 0.25) is 19.6 Å². The van der Waals surface area contributed by atoms with Crippen LogP contribution in [-0.4, -0.2) is 8.07 Å². The molecule has 2 heterocycles. The van der Waals surface area contributed by atoms with E-state index in [4.69, 9.17) is 0 Å². The van der Waals surface area contributed by atoms with Crippen LogP contribution in [-0.2, 0) is 19.9 Å². The van der Waals surface area contributed by atoms with E-state index in [2.05, 4.69) is 134 Å². The number of rotatable bonds is 3. The smallest absolute Gasteiger partial charge is 0.200 e. The van der Waals surface area contributed by atoms with Crippen LogP contribution in [0.3, 0.4) is 0 Å². The van der Waals surface area contributed by atoms with Crippen molar-refractivity contribution >= 4 is 57.3 Å². The predicted octanol–water partition coefficient (Wildman–Crippen LogP) is 10.1. The lowest BCUT2D eigenvalue weighted by atomic mass is 9.81. The van der Waals surface area contributed by atoms with Crippen molar-refractivity contribution < 1.29 is 4.57 Å². The van der Waals surface area contributed by atoms with Crippen molar-refractivity contribution in [3.05, 3.63) is 71.4 Å². The fraction of sp³-hybridized carbons (Fsp3) is 0.395. The monoisotopic (exact) mass is 576 g/mol. The quantitative estimate of drug-likeness (QED) is 0.115. The van der Waals surface area contributed by atoms with Gasteiger partial charge in [-0.25, -0.2) is 4.57 Å². The van der Waals surface area contributed by atoms with E-state index in [1.54, 1.807) is 5.19 Å². The van der Waals surface area contributed by atoms with Crippen LogP contribution < -0.4 is 9.75 Å². The Balaban J connectivity index is 1.76. The van der Waals surface area contributed by atoms with Crippen molar-refractivity contribution in [1.82, 2.24) is 0 Å². The molecule has 1 aliphatic heterocycles. The summed E-state index contributed by atoms with van der Waals surface area (Å²) in [4.78, 5) is 2.88. The summed E-state index contributed by atoms with van der Waals surface area (Å²) in [5.74, 6) is 0. The van der Waals surface area contributed by atoms with Crippen LogP contribution in [0.25, 0.3) is 43.6 Å². The topological polar surface area (TPSA) is 3.88 Å². The average molecular weight is 577 g/mol. The first-order chi connectivity index (χ1) is 19.0. The van der Waals surface area contributed by atoms with Gasteiger partial charge in [0.25, 0.3) is 0 Å². The highest BCUT2D eigenvalue weighted by Gasteiger charge is 2.34. The Bertz CT molecular complexity index is 1880. The highest BCUT2D eigenvalue weighted by atomic mass is 32.2. The number of benzene rings is 4. The maximum Gasteiger partial charge on any atom is 0.222 e. The van der Waals surface area contributed by atoms with Gasteiger partial charge in [0.2, 0.25) is 5.69 Å². The van der Waals surface area contributed by atoms with E-state index in [1.807, 2.05) is 11.8 Å². The molecular weight excluding hydrogens is 531 g/mol. The number of pyridine rings is 1. The lowest BCUT2D eigenvalue weighted by molar-refractivity contribution is -0.659. The molecular formula is C38H46NSSi+. The van der Waals surface area contributed by atoms with Crippen LogP contribution in [0.1, 0.15) is 58.2 Å². The summed E-state index contributed by atoms with van der Waals surface area (Å²) in [5.41, 5.74) is 7.63. The number of fused-ring (bicyclic) bond motifs is 5. The van der Waals surface area contributed by atoms with Crippen LogP contribution in [0.5, 0.6) is 0 Å². The van der Waals surface area contributed by atoms with Crippen molar-refractivity contribution in [3.8, 4) is 11.3 Å². The number of hydrogen-bond donors (Lipinski definition) is 0. The molecule has 0 N–H and O–H groups in total. The second-order valence-corrected chi connectivity index (χ2v) is 21.9. The molecule has 0 saturated carbocycles.